The van der Waals surface area contributed by atoms with Gasteiger partial charge in [0, 0.05) is 17.4 Å². The van der Waals surface area contributed by atoms with Crippen molar-refractivity contribution in [2.75, 3.05) is 10.6 Å². The highest BCUT2D eigenvalue weighted by Gasteiger charge is 2.51. The van der Waals surface area contributed by atoms with Gasteiger partial charge in [-0.25, -0.2) is 4.79 Å². The number of hydrogen-bond acceptors (Lipinski definition) is 4. The molecule has 1 unspecified atom stereocenters. The number of anilines is 2. The molecule has 1 atom stereocenters. The molecule has 5 rings (SSSR count). The molecular weight excluding hydrogens is 366 g/mol. The Hall–Kier alpha value is -3.02. The van der Waals surface area contributed by atoms with Crippen molar-refractivity contribution in [1.82, 2.24) is 4.98 Å². The quantitative estimate of drug-likeness (QED) is 0.625. The molecule has 150 valence electrons. The summed E-state index contributed by atoms with van der Waals surface area (Å²) in [5.41, 5.74) is 4.91. The Morgan fingerprint density at radius 2 is 1.97 bits per heavy atom. The highest BCUT2D eigenvalue weighted by Crippen LogP contribution is 2.49. The van der Waals surface area contributed by atoms with E-state index in [-0.39, 0.29) is 11.3 Å². The van der Waals surface area contributed by atoms with E-state index in [1.165, 1.54) is 5.56 Å². The molecule has 3 aromatic rings. The maximum atomic E-state index is 13.1. The van der Waals surface area contributed by atoms with E-state index >= 15 is 0 Å². The lowest BCUT2D eigenvalue weighted by atomic mass is 9.85. The van der Waals surface area contributed by atoms with E-state index in [4.69, 9.17) is 4.42 Å². The van der Waals surface area contributed by atoms with E-state index in [0.717, 1.165) is 36.2 Å². The Labute approximate surface area is 168 Å². The number of benzene rings is 2. The predicted octanol–water partition coefficient (Wildman–Crippen LogP) is 4.17. The number of aromatic nitrogens is 1. The van der Waals surface area contributed by atoms with Crippen LogP contribution in [-0.4, -0.2) is 16.9 Å². The largest absolute Gasteiger partial charge is 0.417 e. The third kappa shape index (κ3) is 3.03. The van der Waals surface area contributed by atoms with Crippen LogP contribution in [0.25, 0.3) is 11.1 Å². The van der Waals surface area contributed by atoms with Crippen LogP contribution in [0, 0.1) is 5.41 Å². The molecule has 6 heteroatoms. The summed E-state index contributed by atoms with van der Waals surface area (Å²) in [6, 6.07) is 12.0. The summed E-state index contributed by atoms with van der Waals surface area (Å²) in [4.78, 5) is 27.2. The molecule has 1 aliphatic carbocycles. The van der Waals surface area contributed by atoms with E-state index in [0.29, 0.717) is 17.1 Å². The maximum Gasteiger partial charge on any atom is 0.417 e. The zero-order valence-corrected chi connectivity index (χ0v) is 16.9. The Kier molecular flexibility index (Phi) is 3.72. The fraction of sp³-hybridized carbons (Fsp3) is 0.391. The third-order valence-electron chi connectivity index (χ3n) is 6.32. The van der Waals surface area contributed by atoms with E-state index in [1.54, 1.807) is 6.07 Å². The molecule has 2 aromatic carbocycles. The van der Waals surface area contributed by atoms with Gasteiger partial charge in [0.1, 0.15) is 0 Å². The van der Waals surface area contributed by atoms with Crippen LogP contribution in [-0.2, 0) is 16.6 Å². The zero-order valence-electron chi connectivity index (χ0n) is 16.9. The Morgan fingerprint density at radius 3 is 2.69 bits per heavy atom. The van der Waals surface area contributed by atoms with Gasteiger partial charge in [-0.3, -0.25) is 9.78 Å². The van der Waals surface area contributed by atoms with E-state index in [1.807, 2.05) is 18.2 Å². The van der Waals surface area contributed by atoms with Gasteiger partial charge in [-0.2, -0.15) is 0 Å². The highest BCUT2D eigenvalue weighted by molar-refractivity contribution is 6.02. The third-order valence-corrected chi connectivity index (χ3v) is 6.32. The number of carbonyl (C=O) groups excluding carboxylic acids is 1. The number of rotatable bonds is 3. The number of fused-ring (bicyclic) bond motifs is 2. The van der Waals surface area contributed by atoms with Gasteiger partial charge in [0.25, 0.3) is 0 Å². The zero-order chi connectivity index (χ0) is 20.4. The lowest BCUT2D eigenvalue weighted by molar-refractivity contribution is -0.118. The van der Waals surface area contributed by atoms with Gasteiger partial charge in [-0.15, -0.1) is 0 Å². The Balaban J connectivity index is 1.37. The van der Waals surface area contributed by atoms with Crippen molar-refractivity contribution in [1.29, 1.82) is 0 Å². The van der Waals surface area contributed by atoms with Crippen LogP contribution in [0.2, 0.25) is 0 Å². The molecular formula is C23H25N3O3. The number of hydrogen-bond donors (Lipinski definition) is 3. The molecule has 1 aliphatic heterocycles. The SMILES string of the molecule is CC(C)(C)C1Cc2cc(NC(=O)C3(c4ccc5oc(=O)[nH]c5c4)CC3)ccc2N1. The van der Waals surface area contributed by atoms with Crippen LogP contribution < -0.4 is 16.4 Å². The monoisotopic (exact) mass is 391 g/mol. The second-order valence-electron chi connectivity index (χ2n) is 9.40. The van der Waals surface area contributed by atoms with Crippen LogP contribution in [0.1, 0.15) is 44.7 Å². The molecule has 3 N–H and O–H groups in total. The second kappa shape index (κ2) is 5.99. The van der Waals surface area contributed by atoms with Gasteiger partial charge >= 0.3 is 5.76 Å². The number of carbonyl (C=O) groups is 1. The fourth-order valence-electron chi connectivity index (χ4n) is 4.23. The molecule has 1 aromatic heterocycles. The average Bonchev–Trinajstić information content (AvgIpc) is 3.21. The molecule has 0 bridgehead atoms. The molecule has 29 heavy (non-hydrogen) atoms. The summed E-state index contributed by atoms with van der Waals surface area (Å²) in [6.45, 7) is 6.71. The highest BCUT2D eigenvalue weighted by atomic mass is 16.4. The van der Waals surface area contributed by atoms with Crippen LogP contribution in [0.15, 0.2) is 45.6 Å². The minimum atomic E-state index is -0.534. The molecule has 1 fully saturated rings. The number of aromatic amines is 1. The molecule has 0 saturated heterocycles. The van der Waals surface area contributed by atoms with Crippen LogP contribution in [0.4, 0.5) is 11.4 Å². The number of nitrogens with one attached hydrogen (secondary N) is 3. The van der Waals surface area contributed by atoms with Crippen LogP contribution >= 0.6 is 0 Å². The van der Waals surface area contributed by atoms with E-state index in [9.17, 15) is 9.59 Å². The second-order valence-corrected chi connectivity index (χ2v) is 9.40. The summed E-state index contributed by atoms with van der Waals surface area (Å²) in [5, 5.41) is 6.71. The van der Waals surface area contributed by atoms with Gasteiger partial charge in [0.05, 0.1) is 10.9 Å². The summed E-state index contributed by atoms with van der Waals surface area (Å²) < 4.78 is 5.07. The van der Waals surface area contributed by atoms with Crippen molar-refractivity contribution in [3.8, 4) is 0 Å². The van der Waals surface area contributed by atoms with Crippen molar-refractivity contribution in [2.45, 2.75) is 51.5 Å². The van der Waals surface area contributed by atoms with Gasteiger partial charge in [-0.1, -0.05) is 26.8 Å². The lowest BCUT2D eigenvalue weighted by Gasteiger charge is -2.27. The first kappa shape index (κ1) is 18.0. The first-order valence-electron chi connectivity index (χ1n) is 10.1. The fourth-order valence-corrected chi connectivity index (χ4v) is 4.23. The summed E-state index contributed by atoms with van der Waals surface area (Å²) in [5.74, 6) is -0.479. The Bertz CT molecular complexity index is 1180. The van der Waals surface area contributed by atoms with E-state index < -0.39 is 11.2 Å². The van der Waals surface area contributed by atoms with Crippen molar-refractivity contribution in [3.63, 3.8) is 0 Å². The van der Waals surface area contributed by atoms with Crippen LogP contribution in [0.5, 0.6) is 0 Å². The summed E-state index contributed by atoms with van der Waals surface area (Å²) in [7, 11) is 0. The van der Waals surface area contributed by atoms with Gasteiger partial charge in [0.15, 0.2) is 5.58 Å². The predicted molar refractivity (Wildman–Crippen MR) is 113 cm³/mol. The maximum absolute atomic E-state index is 13.1. The van der Waals surface area contributed by atoms with E-state index in [2.05, 4.69) is 48.5 Å². The summed E-state index contributed by atoms with van der Waals surface area (Å²) in [6.07, 6.45) is 2.55. The lowest BCUT2D eigenvalue weighted by Crippen LogP contribution is -2.31. The average molecular weight is 391 g/mol. The van der Waals surface area contributed by atoms with Crippen molar-refractivity contribution in [2.24, 2.45) is 5.41 Å². The van der Waals surface area contributed by atoms with Crippen molar-refractivity contribution in [3.05, 3.63) is 58.1 Å². The standard InChI is InChI=1S/C23H25N3O3/c1-22(2,3)19-11-13-10-15(5-6-16(13)25-19)24-20(27)23(8-9-23)14-4-7-18-17(12-14)26-21(28)29-18/h4-7,10,12,19,25H,8-9,11H2,1-3H3,(H,24,27)(H,26,28). The number of oxazole rings is 1. The Morgan fingerprint density at radius 1 is 1.17 bits per heavy atom. The molecule has 2 aliphatic rings. The van der Waals surface area contributed by atoms with Crippen molar-refractivity contribution >= 4 is 28.4 Å². The minimum Gasteiger partial charge on any atom is -0.408 e. The van der Waals surface area contributed by atoms with Gasteiger partial charge in [-0.05, 0) is 66.1 Å². The van der Waals surface area contributed by atoms with Gasteiger partial charge in [0.2, 0.25) is 5.91 Å². The minimum absolute atomic E-state index is 0.000898. The van der Waals surface area contributed by atoms with Crippen molar-refractivity contribution < 1.29 is 9.21 Å². The molecule has 6 nitrogen and oxygen atoms in total. The smallest absolute Gasteiger partial charge is 0.408 e. The number of H-pyrrole nitrogens is 1. The topological polar surface area (TPSA) is 87.1 Å². The first-order valence-corrected chi connectivity index (χ1v) is 10.1. The molecule has 1 saturated carbocycles. The van der Waals surface area contributed by atoms with Crippen LogP contribution in [0.3, 0.4) is 0 Å². The molecule has 2 heterocycles. The molecule has 0 spiro atoms. The molecule has 0 radical (unpaired) electrons. The number of amides is 1. The normalized spacial score (nSPS) is 19.6. The molecule has 1 amide bonds. The summed E-state index contributed by atoms with van der Waals surface area (Å²) >= 11 is 0. The first-order chi connectivity index (χ1) is 13.7. The van der Waals surface area contributed by atoms with Gasteiger partial charge < -0.3 is 15.1 Å².